The number of rotatable bonds is 5. The molecule has 0 bridgehead atoms. The minimum Gasteiger partial charge on any atom is -0.497 e. The Morgan fingerprint density at radius 1 is 1.22 bits per heavy atom. The molecule has 0 fully saturated rings. The molecule has 0 saturated carbocycles. The second-order valence-electron chi connectivity index (χ2n) is 6.32. The number of carbonyl (C=O) groups excluding carboxylic acids is 1. The Morgan fingerprint density at radius 2 is 2.04 bits per heavy atom. The van der Waals surface area contributed by atoms with Crippen molar-refractivity contribution in [1.29, 1.82) is 0 Å². The van der Waals surface area contributed by atoms with Crippen molar-refractivity contribution in [3.8, 4) is 17.2 Å². The van der Waals surface area contributed by atoms with Crippen LogP contribution in [-0.4, -0.2) is 26.9 Å². The maximum absolute atomic E-state index is 12.6. The average molecular weight is 435 g/mol. The van der Waals surface area contributed by atoms with E-state index in [1.54, 1.807) is 14.2 Å². The van der Waals surface area contributed by atoms with Crippen LogP contribution in [0.4, 0.5) is 4.79 Å². The minimum absolute atomic E-state index is 0.106. The van der Waals surface area contributed by atoms with Gasteiger partial charge in [-0.2, -0.15) is 0 Å². The summed E-state index contributed by atoms with van der Waals surface area (Å²) < 4.78 is 17.3. The predicted molar refractivity (Wildman–Crippen MR) is 107 cm³/mol. The van der Waals surface area contributed by atoms with Gasteiger partial charge in [0.05, 0.1) is 32.9 Å². The van der Waals surface area contributed by atoms with Gasteiger partial charge in [-0.1, -0.05) is 15.9 Å². The lowest BCUT2D eigenvalue weighted by atomic mass is 10.0. The standard InChI is InChI=1S/C20H23BrN2O4/c1-12(15-11-14(25-2)5-7-18(15)26-3)22-20(24)23-17-8-9-27-19-6-4-13(21)10-16(17)19/h4-7,10-12,17H,8-9H2,1-3H3,(H2,22,23,24). The summed E-state index contributed by atoms with van der Waals surface area (Å²) in [6.45, 7) is 2.48. The van der Waals surface area contributed by atoms with Gasteiger partial charge in [-0.3, -0.25) is 0 Å². The van der Waals surface area contributed by atoms with Crippen molar-refractivity contribution in [3.05, 3.63) is 52.0 Å². The fourth-order valence-electron chi connectivity index (χ4n) is 3.17. The summed E-state index contributed by atoms with van der Waals surface area (Å²) in [6.07, 6.45) is 0.716. The molecule has 2 aromatic carbocycles. The van der Waals surface area contributed by atoms with Crippen LogP contribution in [0.25, 0.3) is 0 Å². The van der Waals surface area contributed by atoms with E-state index in [1.807, 2.05) is 43.3 Å². The van der Waals surface area contributed by atoms with E-state index in [1.165, 1.54) is 0 Å². The van der Waals surface area contributed by atoms with Crippen LogP contribution in [0.5, 0.6) is 17.2 Å². The largest absolute Gasteiger partial charge is 0.497 e. The predicted octanol–water partition coefficient (Wildman–Crippen LogP) is 4.35. The molecule has 0 aromatic heterocycles. The number of ether oxygens (including phenoxy) is 3. The van der Waals surface area contributed by atoms with Crippen LogP contribution in [0.3, 0.4) is 0 Å². The first-order chi connectivity index (χ1) is 13.0. The van der Waals surface area contributed by atoms with Crippen LogP contribution < -0.4 is 24.8 Å². The second kappa shape index (κ2) is 8.52. The zero-order valence-corrected chi connectivity index (χ0v) is 17.1. The van der Waals surface area contributed by atoms with Crippen LogP contribution in [-0.2, 0) is 0 Å². The summed E-state index contributed by atoms with van der Waals surface area (Å²) in [5.41, 5.74) is 1.82. The van der Waals surface area contributed by atoms with E-state index in [-0.39, 0.29) is 18.1 Å². The van der Waals surface area contributed by atoms with Crippen LogP contribution in [0.15, 0.2) is 40.9 Å². The Bertz CT molecular complexity index is 828. The molecule has 2 unspecified atom stereocenters. The molecular formula is C20H23BrN2O4. The molecule has 0 radical (unpaired) electrons. The Morgan fingerprint density at radius 3 is 2.78 bits per heavy atom. The number of halogens is 1. The molecule has 2 atom stereocenters. The summed E-state index contributed by atoms with van der Waals surface area (Å²) >= 11 is 3.47. The molecule has 1 aliphatic heterocycles. The number of fused-ring (bicyclic) bond motifs is 1. The van der Waals surface area contributed by atoms with Crippen molar-refractivity contribution in [2.75, 3.05) is 20.8 Å². The summed E-state index contributed by atoms with van der Waals surface area (Å²) in [6, 6.07) is 10.7. The lowest BCUT2D eigenvalue weighted by Gasteiger charge is -2.28. The third-order valence-electron chi connectivity index (χ3n) is 4.57. The number of nitrogens with one attached hydrogen (secondary N) is 2. The van der Waals surface area contributed by atoms with Crippen molar-refractivity contribution in [1.82, 2.24) is 10.6 Å². The molecule has 0 saturated heterocycles. The highest BCUT2D eigenvalue weighted by Gasteiger charge is 2.24. The van der Waals surface area contributed by atoms with Gasteiger partial charge >= 0.3 is 6.03 Å². The molecule has 2 aromatic rings. The number of hydrogen-bond donors (Lipinski definition) is 2. The van der Waals surface area contributed by atoms with Crippen molar-refractivity contribution < 1.29 is 19.0 Å². The van der Waals surface area contributed by atoms with Crippen LogP contribution in [0.2, 0.25) is 0 Å². The molecule has 6 nitrogen and oxygen atoms in total. The fraction of sp³-hybridized carbons (Fsp3) is 0.350. The first kappa shape index (κ1) is 19.4. The van der Waals surface area contributed by atoms with E-state index in [0.29, 0.717) is 24.5 Å². The molecule has 3 rings (SSSR count). The Labute approximate surface area is 167 Å². The van der Waals surface area contributed by atoms with E-state index < -0.39 is 0 Å². The summed E-state index contributed by atoms with van der Waals surface area (Å²) in [7, 11) is 3.21. The fourth-order valence-corrected chi connectivity index (χ4v) is 3.55. The zero-order chi connectivity index (χ0) is 19.4. The van der Waals surface area contributed by atoms with Crippen molar-refractivity contribution in [2.45, 2.75) is 25.4 Å². The molecule has 1 heterocycles. The van der Waals surface area contributed by atoms with Gasteiger partial charge in [0, 0.05) is 22.0 Å². The van der Waals surface area contributed by atoms with Gasteiger partial charge < -0.3 is 24.8 Å². The van der Waals surface area contributed by atoms with E-state index >= 15 is 0 Å². The molecule has 0 spiro atoms. The highest BCUT2D eigenvalue weighted by Crippen LogP contribution is 2.34. The monoisotopic (exact) mass is 434 g/mol. The summed E-state index contributed by atoms with van der Waals surface area (Å²) in [5, 5.41) is 6.02. The van der Waals surface area contributed by atoms with Gasteiger partial charge in [0.25, 0.3) is 0 Å². The van der Waals surface area contributed by atoms with Crippen molar-refractivity contribution >= 4 is 22.0 Å². The SMILES string of the molecule is COc1ccc(OC)c(C(C)NC(=O)NC2CCOc3ccc(Br)cc32)c1. The Balaban J connectivity index is 1.71. The highest BCUT2D eigenvalue weighted by molar-refractivity contribution is 9.10. The van der Waals surface area contributed by atoms with Gasteiger partial charge in [-0.15, -0.1) is 0 Å². The number of hydrogen-bond acceptors (Lipinski definition) is 4. The number of methoxy groups -OCH3 is 2. The number of urea groups is 1. The second-order valence-corrected chi connectivity index (χ2v) is 7.23. The Kier molecular flexibility index (Phi) is 6.11. The van der Waals surface area contributed by atoms with Gasteiger partial charge in [0.15, 0.2) is 0 Å². The lowest BCUT2D eigenvalue weighted by molar-refractivity contribution is 0.221. The van der Waals surface area contributed by atoms with Crippen LogP contribution >= 0.6 is 15.9 Å². The molecule has 144 valence electrons. The quantitative estimate of drug-likeness (QED) is 0.733. The highest BCUT2D eigenvalue weighted by atomic mass is 79.9. The van der Waals surface area contributed by atoms with Crippen molar-refractivity contribution in [2.24, 2.45) is 0 Å². The van der Waals surface area contributed by atoms with E-state index in [2.05, 4.69) is 26.6 Å². The maximum atomic E-state index is 12.6. The Hall–Kier alpha value is -2.41. The smallest absolute Gasteiger partial charge is 0.315 e. The molecule has 27 heavy (non-hydrogen) atoms. The molecule has 1 aliphatic rings. The summed E-state index contributed by atoms with van der Waals surface area (Å²) in [5.74, 6) is 2.21. The van der Waals surface area contributed by atoms with E-state index in [0.717, 1.165) is 21.3 Å². The first-order valence-electron chi connectivity index (χ1n) is 8.73. The first-order valence-corrected chi connectivity index (χ1v) is 9.52. The zero-order valence-electron chi connectivity index (χ0n) is 15.5. The number of amides is 2. The van der Waals surface area contributed by atoms with Crippen LogP contribution in [0.1, 0.15) is 36.6 Å². The van der Waals surface area contributed by atoms with Gasteiger partial charge in [-0.25, -0.2) is 4.79 Å². The lowest BCUT2D eigenvalue weighted by Crippen LogP contribution is -2.40. The molecular weight excluding hydrogens is 412 g/mol. The average Bonchev–Trinajstić information content (AvgIpc) is 2.67. The van der Waals surface area contributed by atoms with Crippen LogP contribution in [0, 0.1) is 0 Å². The minimum atomic E-state index is -0.253. The van der Waals surface area contributed by atoms with Gasteiger partial charge in [0.2, 0.25) is 0 Å². The number of carbonyl (C=O) groups is 1. The number of benzene rings is 2. The molecule has 2 amide bonds. The molecule has 7 heteroatoms. The van der Waals surface area contributed by atoms with E-state index in [9.17, 15) is 4.79 Å². The third kappa shape index (κ3) is 4.47. The van der Waals surface area contributed by atoms with Gasteiger partial charge in [-0.05, 0) is 43.3 Å². The molecule has 2 N–H and O–H groups in total. The van der Waals surface area contributed by atoms with Crippen molar-refractivity contribution in [3.63, 3.8) is 0 Å². The maximum Gasteiger partial charge on any atom is 0.315 e. The molecule has 0 aliphatic carbocycles. The normalized spacial score (nSPS) is 16.5. The summed E-state index contributed by atoms with van der Waals surface area (Å²) in [4.78, 5) is 12.6. The van der Waals surface area contributed by atoms with Gasteiger partial charge in [0.1, 0.15) is 17.2 Å². The van der Waals surface area contributed by atoms with E-state index in [4.69, 9.17) is 14.2 Å². The topological polar surface area (TPSA) is 68.8 Å². The third-order valence-corrected chi connectivity index (χ3v) is 5.06.